The summed E-state index contributed by atoms with van der Waals surface area (Å²) in [5.41, 5.74) is 6.39. The van der Waals surface area contributed by atoms with Crippen LogP contribution in [0.2, 0.25) is 0 Å². The van der Waals surface area contributed by atoms with Crippen molar-refractivity contribution in [1.29, 1.82) is 0 Å². The molecule has 0 saturated carbocycles. The monoisotopic (exact) mass is 282 g/mol. The van der Waals surface area contributed by atoms with E-state index in [2.05, 4.69) is 52.0 Å². The summed E-state index contributed by atoms with van der Waals surface area (Å²) < 4.78 is 0. The second-order valence-corrected chi connectivity index (χ2v) is 6.07. The fourth-order valence-corrected chi connectivity index (χ4v) is 3.31. The van der Waals surface area contributed by atoms with Gasteiger partial charge in [0.1, 0.15) is 0 Å². The van der Waals surface area contributed by atoms with E-state index in [0.29, 0.717) is 0 Å². The molecule has 0 fully saturated rings. The van der Waals surface area contributed by atoms with Crippen LogP contribution >= 0.6 is 0 Å². The molecule has 0 amide bonds. The SMILES string of the molecule is CCC(c1ccccc1)C(O)Cc1c(C)cc(C)cc1C. The number of benzene rings is 2. The Bertz CT molecular complexity index is 563. The quantitative estimate of drug-likeness (QED) is 0.842. The van der Waals surface area contributed by atoms with Crippen LogP contribution in [0.5, 0.6) is 0 Å². The van der Waals surface area contributed by atoms with Crippen molar-refractivity contribution in [1.82, 2.24) is 0 Å². The molecule has 0 saturated heterocycles. The van der Waals surface area contributed by atoms with Crippen LogP contribution in [0.3, 0.4) is 0 Å². The van der Waals surface area contributed by atoms with Gasteiger partial charge in [-0.15, -0.1) is 0 Å². The smallest absolute Gasteiger partial charge is 0.0649 e. The Labute approximate surface area is 128 Å². The van der Waals surface area contributed by atoms with Crippen LogP contribution < -0.4 is 0 Å². The Morgan fingerprint density at radius 3 is 2.05 bits per heavy atom. The lowest BCUT2D eigenvalue weighted by atomic mass is 9.85. The normalized spacial score (nSPS) is 14.0. The van der Waals surface area contributed by atoms with Gasteiger partial charge in [-0.25, -0.2) is 0 Å². The van der Waals surface area contributed by atoms with Crippen LogP contribution in [0.1, 0.15) is 47.1 Å². The maximum atomic E-state index is 10.7. The Hall–Kier alpha value is -1.60. The van der Waals surface area contributed by atoms with Crippen LogP contribution in [-0.4, -0.2) is 11.2 Å². The van der Waals surface area contributed by atoms with E-state index in [0.717, 1.165) is 12.8 Å². The van der Waals surface area contributed by atoms with Gasteiger partial charge in [-0.2, -0.15) is 0 Å². The van der Waals surface area contributed by atoms with Gasteiger partial charge >= 0.3 is 0 Å². The maximum Gasteiger partial charge on any atom is 0.0649 e. The standard InChI is InChI=1S/C20H26O/c1-5-18(17-9-7-6-8-10-17)20(21)13-19-15(3)11-14(2)12-16(19)4/h6-12,18,20-21H,5,13H2,1-4H3. The molecular formula is C20H26O. The van der Waals surface area contributed by atoms with E-state index in [4.69, 9.17) is 0 Å². The number of aliphatic hydroxyl groups is 1. The number of hydrogen-bond donors (Lipinski definition) is 1. The van der Waals surface area contributed by atoms with E-state index in [9.17, 15) is 5.11 Å². The molecule has 1 nitrogen and oxygen atoms in total. The highest BCUT2D eigenvalue weighted by Gasteiger charge is 2.21. The van der Waals surface area contributed by atoms with Gasteiger partial charge in [0.05, 0.1) is 6.10 Å². The number of aliphatic hydroxyl groups excluding tert-OH is 1. The van der Waals surface area contributed by atoms with E-state index in [-0.39, 0.29) is 12.0 Å². The molecule has 112 valence electrons. The fraction of sp³-hybridized carbons (Fsp3) is 0.400. The van der Waals surface area contributed by atoms with Crippen molar-refractivity contribution < 1.29 is 5.11 Å². The van der Waals surface area contributed by atoms with Crippen molar-refractivity contribution in [2.24, 2.45) is 0 Å². The van der Waals surface area contributed by atoms with Crippen molar-refractivity contribution in [2.45, 2.75) is 52.6 Å². The maximum absolute atomic E-state index is 10.7. The summed E-state index contributed by atoms with van der Waals surface area (Å²) in [5.74, 6) is 0.200. The van der Waals surface area contributed by atoms with E-state index in [1.165, 1.54) is 27.8 Å². The van der Waals surface area contributed by atoms with Crippen LogP contribution in [0.4, 0.5) is 0 Å². The summed E-state index contributed by atoms with van der Waals surface area (Å²) >= 11 is 0. The highest BCUT2D eigenvalue weighted by atomic mass is 16.3. The molecule has 0 aliphatic rings. The predicted molar refractivity (Wildman–Crippen MR) is 89.8 cm³/mol. The zero-order valence-electron chi connectivity index (χ0n) is 13.6. The molecule has 0 aromatic heterocycles. The first-order valence-electron chi connectivity index (χ1n) is 7.82. The number of aryl methyl sites for hydroxylation is 3. The molecule has 1 N–H and O–H groups in total. The third-order valence-electron chi connectivity index (χ3n) is 4.39. The minimum atomic E-state index is -0.336. The van der Waals surface area contributed by atoms with Gasteiger partial charge < -0.3 is 5.11 Å². The molecule has 0 heterocycles. The minimum Gasteiger partial charge on any atom is -0.392 e. The summed E-state index contributed by atoms with van der Waals surface area (Å²) in [6.07, 6.45) is 1.35. The molecule has 2 rings (SSSR count). The third kappa shape index (κ3) is 3.74. The predicted octanol–water partition coefficient (Wildman–Crippen LogP) is 4.71. The van der Waals surface area contributed by atoms with Gasteiger partial charge in [0.2, 0.25) is 0 Å². The second-order valence-electron chi connectivity index (χ2n) is 6.07. The molecule has 0 bridgehead atoms. The van der Waals surface area contributed by atoms with Gasteiger partial charge in [-0.3, -0.25) is 0 Å². The first-order chi connectivity index (χ1) is 10.0. The van der Waals surface area contributed by atoms with E-state index >= 15 is 0 Å². The molecule has 2 aromatic carbocycles. The Balaban J connectivity index is 2.23. The molecule has 1 heteroatoms. The Morgan fingerprint density at radius 2 is 1.52 bits per heavy atom. The summed E-state index contributed by atoms with van der Waals surface area (Å²) in [6.45, 7) is 8.56. The average molecular weight is 282 g/mol. The van der Waals surface area contributed by atoms with Crippen LogP contribution in [0.25, 0.3) is 0 Å². The Kier molecular flexibility index (Phi) is 5.19. The zero-order valence-corrected chi connectivity index (χ0v) is 13.6. The summed E-state index contributed by atoms with van der Waals surface area (Å²) in [6, 6.07) is 14.8. The fourth-order valence-electron chi connectivity index (χ4n) is 3.31. The largest absolute Gasteiger partial charge is 0.392 e. The van der Waals surface area contributed by atoms with Crippen molar-refractivity contribution in [3.05, 3.63) is 70.3 Å². The molecule has 0 aliphatic heterocycles. The highest BCUT2D eigenvalue weighted by molar-refractivity contribution is 5.38. The first kappa shape index (κ1) is 15.8. The average Bonchev–Trinajstić information content (AvgIpc) is 2.45. The van der Waals surface area contributed by atoms with Crippen molar-refractivity contribution >= 4 is 0 Å². The molecule has 0 spiro atoms. The zero-order chi connectivity index (χ0) is 15.4. The van der Waals surface area contributed by atoms with E-state index in [1.54, 1.807) is 0 Å². The Morgan fingerprint density at radius 1 is 0.952 bits per heavy atom. The topological polar surface area (TPSA) is 20.2 Å². The van der Waals surface area contributed by atoms with Crippen LogP contribution in [0.15, 0.2) is 42.5 Å². The molecule has 0 radical (unpaired) electrons. The lowest BCUT2D eigenvalue weighted by Gasteiger charge is -2.24. The minimum absolute atomic E-state index is 0.200. The molecular weight excluding hydrogens is 256 g/mol. The van der Waals surface area contributed by atoms with Gasteiger partial charge in [-0.1, -0.05) is 55.0 Å². The number of rotatable bonds is 5. The van der Waals surface area contributed by atoms with Crippen LogP contribution in [0, 0.1) is 20.8 Å². The summed E-state index contributed by atoms with van der Waals surface area (Å²) in [5, 5.41) is 10.7. The van der Waals surface area contributed by atoms with Crippen molar-refractivity contribution in [3.8, 4) is 0 Å². The van der Waals surface area contributed by atoms with Gasteiger partial charge in [0, 0.05) is 5.92 Å². The molecule has 0 aliphatic carbocycles. The van der Waals surface area contributed by atoms with Crippen molar-refractivity contribution in [3.63, 3.8) is 0 Å². The third-order valence-corrected chi connectivity index (χ3v) is 4.39. The molecule has 2 unspecified atom stereocenters. The molecule has 21 heavy (non-hydrogen) atoms. The summed E-state index contributed by atoms with van der Waals surface area (Å²) in [7, 11) is 0. The summed E-state index contributed by atoms with van der Waals surface area (Å²) in [4.78, 5) is 0. The molecule has 2 atom stereocenters. The van der Waals surface area contributed by atoms with Crippen molar-refractivity contribution in [2.75, 3.05) is 0 Å². The van der Waals surface area contributed by atoms with E-state index in [1.807, 2.05) is 18.2 Å². The van der Waals surface area contributed by atoms with Crippen LogP contribution in [-0.2, 0) is 6.42 Å². The lowest BCUT2D eigenvalue weighted by molar-refractivity contribution is 0.140. The van der Waals surface area contributed by atoms with Gasteiger partial charge in [0.25, 0.3) is 0 Å². The van der Waals surface area contributed by atoms with Gasteiger partial charge in [-0.05, 0) is 55.9 Å². The number of hydrogen-bond acceptors (Lipinski definition) is 1. The first-order valence-corrected chi connectivity index (χ1v) is 7.82. The lowest BCUT2D eigenvalue weighted by Crippen LogP contribution is -2.21. The highest BCUT2D eigenvalue weighted by Crippen LogP contribution is 2.27. The second kappa shape index (κ2) is 6.91. The van der Waals surface area contributed by atoms with Gasteiger partial charge in [0.15, 0.2) is 0 Å². The molecule has 2 aromatic rings. The van der Waals surface area contributed by atoms with E-state index < -0.39 is 0 Å².